The molecule has 1 aliphatic heterocycles. The molecule has 16 heavy (non-hydrogen) atoms. The van der Waals surface area contributed by atoms with Crippen LogP contribution in [0.2, 0.25) is 0 Å². The zero-order chi connectivity index (χ0) is 12.0. The minimum Gasteiger partial charge on any atom is -0.355 e. The molecule has 94 valence electrons. The number of piperidine rings is 1. The maximum absolute atomic E-state index is 10.7. The van der Waals surface area contributed by atoms with Crippen molar-refractivity contribution in [2.45, 2.75) is 40.0 Å². The third-order valence-corrected chi connectivity index (χ3v) is 3.88. The summed E-state index contributed by atoms with van der Waals surface area (Å²) < 4.78 is 0. The van der Waals surface area contributed by atoms with Gasteiger partial charge in [0.15, 0.2) is 0 Å². The van der Waals surface area contributed by atoms with Crippen LogP contribution in [0.15, 0.2) is 0 Å². The lowest BCUT2D eigenvalue weighted by Crippen LogP contribution is -2.40. The van der Waals surface area contributed by atoms with Crippen LogP contribution in [0.5, 0.6) is 0 Å². The lowest BCUT2D eigenvalue weighted by molar-refractivity contribution is -0.119. The van der Waals surface area contributed by atoms with E-state index in [1.807, 2.05) is 0 Å². The standard InChI is InChI=1S/C13H26N2O/c1-4-11(2)13-5-8-15(9-6-13)10-7-14-12(3)16/h11,13H,4-10H2,1-3H3,(H,14,16). The van der Waals surface area contributed by atoms with Crippen molar-refractivity contribution in [1.29, 1.82) is 0 Å². The van der Waals surface area contributed by atoms with Crippen molar-refractivity contribution in [3.8, 4) is 0 Å². The van der Waals surface area contributed by atoms with Crippen LogP contribution in [-0.4, -0.2) is 37.0 Å². The molecule has 3 heteroatoms. The van der Waals surface area contributed by atoms with Crippen molar-refractivity contribution < 1.29 is 4.79 Å². The van der Waals surface area contributed by atoms with E-state index in [-0.39, 0.29) is 5.91 Å². The maximum Gasteiger partial charge on any atom is 0.216 e. The van der Waals surface area contributed by atoms with Gasteiger partial charge in [-0.15, -0.1) is 0 Å². The summed E-state index contributed by atoms with van der Waals surface area (Å²) in [5.41, 5.74) is 0. The Morgan fingerprint density at radius 1 is 1.44 bits per heavy atom. The lowest BCUT2D eigenvalue weighted by atomic mass is 9.84. The normalized spacial score (nSPS) is 20.7. The van der Waals surface area contributed by atoms with Gasteiger partial charge in [-0.3, -0.25) is 4.79 Å². The summed E-state index contributed by atoms with van der Waals surface area (Å²) in [5.74, 6) is 1.87. The van der Waals surface area contributed by atoms with Gasteiger partial charge in [-0.1, -0.05) is 20.3 Å². The lowest BCUT2D eigenvalue weighted by Gasteiger charge is -2.34. The Balaban J connectivity index is 2.14. The monoisotopic (exact) mass is 226 g/mol. The third kappa shape index (κ3) is 4.52. The zero-order valence-electron chi connectivity index (χ0n) is 11.0. The highest BCUT2D eigenvalue weighted by Gasteiger charge is 2.22. The molecule has 0 aliphatic carbocycles. The van der Waals surface area contributed by atoms with Crippen LogP contribution >= 0.6 is 0 Å². The molecule has 1 amide bonds. The van der Waals surface area contributed by atoms with Gasteiger partial charge in [-0.05, 0) is 37.8 Å². The first-order chi connectivity index (χ1) is 7.63. The summed E-state index contributed by atoms with van der Waals surface area (Å²) in [5, 5.41) is 2.86. The Kier molecular flexibility index (Phi) is 5.81. The van der Waals surface area contributed by atoms with E-state index >= 15 is 0 Å². The van der Waals surface area contributed by atoms with Crippen molar-refractivity contribution in [1.82, 2.24) is 10.2 Å². The third-order valence-electron chi connectivity index (χ3n) is 3.88. The Morgan fingerprint density at radius 2 is 2.06 bits per heavy atom. The Labute approximate surface area is 99.6 Å². The van der Waals surface area contributed by atoms with E-state index < -0.39 is 0 Å². The second kappa shape index (κ2) is 6.89. The summed E-state index contributed by atoms with van der Waals surface area (Å²) in [7, 11) is 0. The fourth-order valence-electron chi connectivity index (χ4n) is 2.47. The van der Waals surface area contributed by atoms with Crippen LogP contribution in [0.25, 0.3) is 0 Å². The highest BCUT2D eigenvalue weighted by Crippen LogP contribution is 2.26. The molecule has 0 radical (unpaired) electrons. The van der Waals surface area contributed by atoms with Crippen molar-refractivity contribution >= 4 is 5.91 Å². The van der Waals surface area contributed by atoms with Crippen LogP contribution in [0, 0.1) is 11.8 Å². The van der Waals surface area contributed by atoms with Crippen molar-refractivity contribution in [2.75, 3.05) is 26.2 Å². The Hall–Kier alpha value is -0.570. The number of carbonyl (C=O) groups is 1. The molecule has 1 fully saturated rings. The average molecular weight is 226 g/mol. The Bertz CT molecular complexity index is 210. The number of nitrogens with zero attached hydrogens (tertiary/aromatic N) is 1. The molecule has 1 N–H and O–H groups in total. The summed E-state index contributed by atoms with van der Waals surface area (Å²) in [6.07, 6.45) is 3.96. The van der Waals surface area contributed by atoms with Gasteiger partial charge in [0.2, 0.25) is 5.91 Å². The van der Waals surface area contributed by atoms with Gasteiger partial charge in [0.05, 0.1) is 0 Å². The van der Waals surface area contributed by atoms with E-state index in [9.17, 15) is 4.79 Å². The number of likely N-dealkylation sites (tertiary alicyclic amines) is 1. The van der Waals surface area contributed by atoms with E-state index in [1.165, 1.54) is 32.4 Å². The predicted octanol–water partition coefficient (Wildman–Crippen LogP) is 1.88. The van der Waals surface area contributed by atoms with Crippen LogP contribution in [0.4, 0.5) is 0 Å². The quantitative estimate of drug-likeness (QED) is 0.776. The summed E-state index contributed by atoms with van der Waals surface area (Å²) in [6.45, 7) is 10.4. The number of carbonyl (C=O) groups excluding carboxylic acids is 1. The molecule has 1 heterocycles. The van der Waals surface area contributed by atoms with Gasteiger partial charge in [0.25, 0.3) is 0 Å². The van der Waals surface area contributed by atoms with Crippen molar-refractivity contribution in [3.05, 3.63) is 0 Å². The number of nitrogens with one attached hydrogen (secondary N) is 1. The van der Waals surface area contributed by atoms with E-state index in [0.717, 1.165) is 24.9 Å². The van der Waals surface area contributed by atoms with Crippen LogP contribution < -0.4 is 5.32 Å². The van der Waals surface area contributed by atoms with Crippen LogP contribution in [0.1, 0.15) is 40.0 Å². The fourth-order valence-corrected chi connectivity index (χ4v) is 2.47. The molecule has 1 unspecified atom stereocenters. The topological polar surface area (TPSA) is 32.3 Å². The first kappa shape index (κ1) is 13.5. The fraction of sp³-hybridized carbons (Fsp3) is 0.923. The molecule has 0 aromatic carbocycles. The summed E-state index contributed by atoms with van der Waals surface area (Å²) >= 11 is 0. The molecule has 1 rings (SSSR count). The van der Waals surface area contributed by atoms with Crippen molar-refractivity contribution in [2.24, 2.45) is 11.8 Å². The molecule has 0 bridgehead atoms. The number of amides is 1. The molecular formula is C13H26N2O. The second-order valence-corrected chi connectivity index (χ2v) is 5.05. The van der Waals surface area contributed by atoms with E-state index in [0.29, 0.717) is 0 Å². The second-order valence-electron chi connectivity index (χ2n) is 5.05. The van der Waals surface area contributed by atoms with E-state index in [4.69, 9.17) is 0 Å². The molecule has 0 aromatic rings. The van der Waals surface area contributed by atoms with Crippen LogP contribution in [0.3, 0.4) is 0 Å². The van der Waals surface area contributed by atoms with Gasteiger partial charge < -0.3 is 10.2 Å². The van der Waals surface area contributed by atoms with Gasteiger partial charge in [-0.25, -0.2) is 0 Å². The number of hydrogen-bond acceptors (Lipinski definition) is 2. The Morgan fingerprint density at radius 3 is 2.56 bits per heavy atom. The molecule has 0 aromatic heterocycles. The number of hydrogen-bond donors (Lipinski definition) is 1. The van der Waals surface area contributed by atoms with Gasteiger partial charge in [0.1, 0.15) is 0 Å². The first-order valence-electron chi connectivity index (χ1n) is 6.60. The van der Waals surface area contributed by atoms with Gasteiger partial charge in [0, 0.05) is 20.0 Å². The summed E-state index contributed by atoms with van der Waals surface area (Å²) in [6, 6.07) is 0. The highest BCUT2D eigenvalue weighted by atomic mass is 16.1. The van der Waals surface area contributed by atoms with Gasteiger partial charge in [-0.2, -0.15) is 0 Å². The smallest absolute Gasteiger partial charge is 0.216 e. The average Bonchev–Trinajstić information content (AvgIpc) is 2.28. The molecule has 3 nitrogen and oxygen atoms in total. The molecule has 1 aliphatic rings. The molecule has 1 atom stereocenters. The minimum absolute atomic E-state index is 0.0782. The molecule has 1 saturated heterocycles. The minimum atomic E-state index is 0.0782. The van der Waals surface area contributed by atoms with E-state index in [2.05, 4.69) is 24.1 Å². The number of rotatable bonds is 5. The maximum atomic E-state index is 10.7. The summed E-state index contributed by atoms with van der Waals surface area (Å²) in [4.78, 5) is 13.2. The van der Waals surface area contributed by atoms with Crippen molar-refractivity contribution in [3.63, 3.8) is 0 Å². The molecule has 0 saturated carbocycles. The highest BCUT2D eigenvalue weighted by molar-refractivity contribution is 5.72. The molecular weight excluding hydrogens is 200 g/mol. The van der Waals surface area contributed by atoms with E-state index in [1.54, 1.807) is 6.92 Å². The SMILES string of the molecule is CCC(C)C1CCN(CCNC(C)=O)CC1. The van der Waals surface area contributed by atoms with Crippen LogP contribution in [-0.2, 0) is 4.79 Å². The zero-order valence-corrected chi connectivity index (χ0v) is 11.0. The predicted molar refractivity (Wildman–Crippen MR) is 67.3 cm³/mol. The first-order valence-corrected chi connectivity index (χ1v) is 6.60. The van der Waals surface area contributed by atoms with Gasteiger partial charge >= 0.3 is 0 Å². The molecule has 0 spiro atoms. The largest absolute Gasteiger partial charge is 0.355 e.